The van der Waals surface area contributed by atoms with Crippen molar-refractivity contribution < 1.29 is 24.5 Å². The van der Waals surface area contributed by atoms with Gasteiger partial charge < -0.3 is 19.7 Å². The second kappa shape index (κ2) is 10.7. The Morgan fingerprint density at radius 3 is 2.30 bits per heavy atom. The summed E-state index contributed by atoms with van der Waals surface area (Å²) in [5.74, 6) is 0.148. The average molecular weight is 532 g/mol. The summed E-state index contributed by atoms with van der Waals surface area (Å²) in [7, 11) is -1.85. The van der Waals surface area contributed by atoms with Gasteiger partial charge in [-0.1, -0.05) is 85.0 Å². The van der Waals surface area contributed by atoms with Crippen molar-refractivity contribution >= 4 is 20.7 Å². The molecule has 0 bridgehead atoms. The number of carbonyl (C=O) groups excluding carboxylic acids is 1. The van der Waals surface area contributed by atoms with E-state index < -0.39 is 49.0 Å². The third-order valence-corrected chi connectivity index (χ3v) is 9.17. The molecule has 0 radical (unpaired) electrons. The summed E-state index contributed by atoms with van der Waals surface area (Å²) in [5.41, 5.74) is 0.536. The lowest BCUT2D eigenvalue weighted by molar-refractivity contribution is -0.0755. The van der Waals surface area contributed by atoms with E-state index in [-0.39, 0.29) is 25.5 Å². The Kier molecular flexibility index (Phi) is 8.38. The second-order valence-corrected chi connectivity index (χ2v) is 15.3. The minimum Gasteiger partial charge on any atom is -0.444 e. The van der Waals surface area contributed by atoms with E-state index in [4.69, 9.17) is 9.47 Å². The summed E-state index contributed by atoms with van der Waals surface area (Å²) < 4.78 is 13.3. The van der Waals surface area contributed by atoms with Crippen molar-refractivity contribution in [3.05, 3.63) is 57.6 Å². The number of amides is 1. The molecule has 1 aliphatic rings. The van der Waals surface area contributed by atoms with E-state index in [1.54, 1.807) is 4.57 Å². The molecule has 9 nitrogen and oxygen atoms in total. The monoisotopic (exact) mass is 531 g/mol. The number of nitrogens with one attached hydrogen (secondary N) is 1. The standard InChI is InChI=1S/C27H41N3O6Si/c1-25(2,3)20-21(26(4,5)6)30(27(37(7)8)14-18(32)19(15-31)36-27)23(33)28-22(20)29-24(34)35-16-17-12-10-9-11-13-17/h9-13,18-19,31-32,37H,14-16H2,1-8H3,(H,28,29,33,34)/t18-,19+,27-/m0/s1. The molecule has 10 heteroatoms. The lowest BCUT2D eigenvalue weighted by atomic mass is 9.78. The van der Waals surface area contributed by atoms with Gasteiger partial charge in [-0.3, -0.25) is 9.88 Å². The van der Waals surface area contributed by atoms with Crippen molar-refractivity contribution in [2.45, 2.75) is 96.1 Å². The first-order valence-electron chi connectivity index (χ1n) is 12.7. The third-order valence-electron chi connectivity index (χ3n) is 6.74. The van der Waals surface area contributed by atoms with Gasteiger partial charge in [0, 0.05) is 23.1 Å². The minimum absolute atomic E-state index is 0.0804. The highest BCUT2D eigenvalue weighted by molar-refractivity contribution is 6.58. The Bertz CT molecular complexity index is 1170. The Balaban J connectivity index is 2.18. The normalized spacial score (nSPS) is 22.4. The number of nitrogens with zero attached hydrogens (tertiary/aromatic N) is 2. The van der Waals surface area contributed by atoms with Crippen LogP contribution in [0.5, 0.6) is 0 Å². The molecule has 2 heterocycles. The quantitative estimate of drug-likeness (QED) is 0.488. The Morgan fingerprint density at radius 1 is 1.19 bits per heavy atom. The van der Waals surface area contributed by atoms with Gasteiger partial charge in [-0.05, 0) is 11.0 Å². The molecule has 1 aromatic carbocycles. The number of anilines is 1. The highest BCUT2D eigenvalue weighted by Crippen LogP contribution is 2.43. The number of aromatic nitrogens is 2. The highest BCUT2D eigenvalue weighted by Gasteiger charge is 2.52. The molecule has 1 saturated heterocycles. The van der Waals surface area contributed by atoms with Crippen LogP contribution in [0.3, 0.4) is 0 Å². The van der Waals surface area contributed by atoms with E-state index in [0.717, 1.165) is 5.56 Å². The van der Waals surface area contributed by atoms with E-state index in [0.29, 0.717) is 11.3 Å². The van der Waals surface area contributed by atoms with Crippen LogP contribution in [0.2, 0.25) is 13.1 Å². The summed E-state index contributed by atoms with van der Waals surface area (Å²) in [5, 5.41) is 22.2. The minimum atomic E-state index is -1.85. The smallest absolute Gasteiger partial charge is 0.413 e. The van der Waals surface area contributed by atoms with E-state index >= 15 is 0 Å². The highest BCUT2D eigenvalue weighted by atomic mass is 28.3. The molecule has 204 valence electrons. The maximum absolute atomic E-state index is 13.8. The summed E-state index contributed by atoms with van der Waals surface area (Å²) >= 11 is 0. The molecule has 3 rings (SSSR count). The molecule has 0 saturated carbocycles. The van der Waals surface area contributed by atoms with Crippen molar-refractivity contribution in [1.29, 1.82) is 0 Å². The molecule has 3 N–H and O–H groups in total. The Morgan fingerprint density at radius 2 is 1.81 bits per heavy atom. The van der Waals surface area contributed by atoms with E-state index in [1.807, 2.05) is 71.9 Å². The van der Waals surface area contributed by atoms with Gasteiger partial charge in [0.25, 0.3) is 0 Å². The number of aliphatic hydroxyl groups excluding tert-OH is 2. The fourth-order valence-corrected chi connectivity index (χ4v) is 6.91. The van der Waals surface area contributed by atoms with Crippen LogP contribution in [-0.4, -0.2) is 53.5 Å². The number of ether oxygens (including phenoxy) is 2. The van der Waals surface area contributed by atoms with Crippen LogP contribution in [0.15, 0.2) is 35.1 Å². The van der Waals surface area contributed by atoms with Gasteiger partial charge in [-0.2, -0.15) is 4.98 Å². The maximum Gasteiger partial charge on any atom is 0.413 e. The molecule has 1 aliphatic heterocycles. The second-order valence-electron chi connectivity index (χ2n) is 12.1. The number of rotatable bonds is 6. The van der Waals surface area contributed by atoms with Gasteiger partial charge in [0.15, 0.2) is 0 Å². The van der Waals surface area contributed by atoms with Crippen molar-refractivity contribution in [1.82, 2.24) is 9.55 Å². The average Bonchev–Trinajstić information content (AvgIpc) is 3.13. The Hall–Kier alpha value is -2.53. The van der Waals surface area contributed by atoms with Crippen LogP contribution in [-0.2, 0) is 32.3 Å². The molecule has 1 aromatic heterocycles. The molecule has 0 unspecified atom stereocenters. The predicted octanol–water partition coefficient (Wildman–Crippen LogP) is 3.41. The summed E-state index contributed by atoms with van der Waals surface area (Å²) in [6.07, 6.45) is -2.23. The predicted molar refractivity (Wildman–Crippen MR) is 146 cm³/mol. The van der Waals surface area contributed by atoms with Crippen molar-refractivity contribution in [3.8, 4) is 0 Å². The first-order chi connectivity index (χ1) is 17.1. The van der Waals surface area contributed by atoms with Crippen LogP contribution in [0.4, 0.5) is 10.6 Å². The molecule has 1 fully saturated rings. The first kappa shape index (κ1) is 29.0. The van der Waals surface area contributed by atoms with Crippen LogP contribution in [0.25, 0.3) is 0 Å². The lowest BCUT2D eigenvalue weighted by Crippen LogP contribution is -2.54. The van der Waals surface area contributed by atoms with Gasteiger partial charge in [0.1, 0.15) is 23.9 Å². The van der Waals surface area contributed by atoms with Gasteiger partial charge in [-0.15, -0.1) is 0 Å². The lowest BCUT2D eigenvalue weighted by Gasteiger charge is -2.42. The molecular formula is C27H41N3O6Si. The molecule has 2 aromatic rings. The summed E-state index contributed by atoms with van der Waals surface area (Å²) in [6, 6.07) is 9.32. The van der Waals surface area contributed by atoms with Crippen LogP contribution in [0.1, 0.15) is 64.8 Å². The number of hydrogen-bond acceptors (Lipinski definition) is 7. The van der Waals surface area contributed by atoms with Crippen LogP contribution in [0, 0.1) is 0 Å². The zero-order chi connectivity index (χ0) is 27.8. The number of carbonyl (C=O) groups is 1. The summed E-state index contributed by atoms with van der Waals surface area (Å²) in [6.45, 7) is 15.8. The van der Waals surface area contributed by atoms with Crippen molar-refractivity contribution in [2.24, 2.45) is 0 Å². The topological polar surface area (TPSA) is 123 Å². The third kappa shape index (κ3) is 5.98. The van der Waals surface area contributed by atoms with E-state index in [2.05, 4.69) is 23.4 Å². The van der Waals surface area contributed by atoms with Gasteiger partial charge in [0.2, 0.25) is 0 Å². The molecule has 0 aliphatic carbocycles. The van der Waals surface area contributed by atoms with Gasteiger partial charge in [0.05, 0.1) is 21.5 Å². The van der Waals surface area contributed by atoms with E-state index in [1.165, 1.54) is 0 Å². The SMILES string of the molecule is C[SiH](C)[C@]1(n2c(C(C)(C)C)c(C(C)(C)C)c(NC(=O)OCc3ccccc3)nc2=O)C[C@H](O)[C@@H](CO)O1. The van der Waals surface area contributed by atoms with Crippen molar-refractivity contribution in [3.63, 3.8) is 0 Å². The maximum atomic E-state index is 13.8. The van der Waals surface area contributed by atoms with Crippen LogP contribution < -0.4 is 11.0 Å². The molecule has 0 spiro atoms. The zero-order valence-electron chi connectivity index (χ0n) is 23.2. The first-order valence-corrected chi connectivity index (χ1v) is 15.6. The fourth-order valence-electron chi connectivity index (χ4n) is 4.99. The van der Waals surface area contributed by atoms with Crippen molar-refractivity contribution in [2.75, 3.05) is 11.9 Å². The largest absolute Gasteiger partial charge is 0.444 e. The Labute approximate surface area is 220 Å². The number of hydrogen-bond donors (Lipinski definition) is 3. The van der Waals surface area contributed by atoms with Gasteiger partial charge >= 0.3 is 11.8 Å². The molecular weight excluding hydrogens is 490 g/mol. The van der Waals surface area contributed by atoms with Crippen LogP contribution >= 0.6 is 0 Å². The van der Waals surface area contributed by atoms with E-state index in [9.17, 15) is 19.8 Å². The zero-order valence-corrected chi connectivity index (χ0v) is 24.3. The molecule has 37 heavy (non-hydrogen) atoms. The molecule has 3 atom stereocenters. The molecule has 1 amide bonds. The fraction of sp³-hybridized carbons (Fsp3) is 0.593. The number of benzene rings is 1. The number of aliphatic hydroxyl groups is 2. The van der Waals surface area contributed by atoms with Gasteiger partial charge in [-0.25, -0.2) is 9.59 Å². The summed E-state index contributed by atoms with van der Waals surface area (Å²) in [4.78, 5) is 31.0.